The van der Waals surface area contributed by atoms with Crippen LogP contribution >= 0.6 is 12.4 Å². The Labute approximate surface area is 108 Å². The van der Waals surface area contributed by atoms with E-state index in [1.807, 2.05) is 0 Å². The first-order valence-electron chi connectivity index (χ1n) is 6.42. The maximum atomic E-state index is 12.3. The zero-order valence-corrected chi connectivity index (χ0v) is 10.9. The first-order chi connectivity index (χ1) is 7.84. The molecule has 0 aromatic heterocycles. The van der Waals surface area contributed by atoms with Crippen molar-refractivity contribution in [1.29, 1.82) is 0 Å². The van der Waals surface area contributed by atoms with Crippen LogP contribution in [-0.2, 0) is 9.53 Å². The summed E-state index contributed by atoms with van der Waals surface area (Å²) in [7, 11) is 0. The van der Waals surface area contributed by atoms with Crippen LogP contribution in [0.1, 0.15) is 12.8 Å². The van der Waals surface area contributed by atoms with Gasteiger partial charge in [0.05, 0.1) is 12.5 Å². The molecule has 5 heteroatoms. The summed E-state index contributed by atoms with van der Waals surface area (Å²) < 4.78 is 5.40. The van der Waals surface area contributed by atoms with E-state index in [1.54, 1.807) is 0 Å². The SMILES string of the molecule is Cl.O=C(C1CCCOC1)N1C[C@H]2CNC[C@H]2C1. The second kappa shape index (κ2) is 5.55. The zero-order valence-electron chi connectivity index (χ0n) is 10.1. The Balaban J connectivity index is 0.00000108. The molecular formula is C12H21ClN2O2. The van der Waals surface area contributed by atoms with Crippen LogP contribution in [-0.4, -0.2) is 50.2 Å². The summed E-state index contributed by atoms with van der Waals surface area (Å²) in [5.74, 6) is 1.89. The van der Waals surface area contributed by atoms with Gasteiger partial charge in [-0.15, -0.1) is 12.4 Å². The average Bonchev–Trinajstić information content (AvgIpc) is 2.89. The molecule has 0 aliphatic carbocycles. The maximum absolute atomic E-state index is 12.3. The van der Waals surface area contributed by atoms with E-state index >= 15 is 0 Å². The van der Waals surface area contributed by atoms with Crippen LogP contribution in [0.15, 0.2) is 0 Å². The number of rotatable bonds is 1. The van der Waals surface area contributed by atoms with Crippen LogP contribution in [0, 0.1) is 17.8 Å². The lowest BCUT2D eigenvalue weighted by Crippen LogP contribution is -2.39. The number of halogens is 1. The number of fused-ring (bicyclic) bond motifs is 1. The number of nitrogens with one attached hydrogen (secondary N) is 1. The molecule has 1 N–H and O–H groups in total. The number of hydrogen-bond donors (Lipinski definition) is 1. The topological polar surface area (TPSA) is 41.6 Å². The van der Waals surface area contributed by atoms with Gasteiger partial charge in [-0.3, -0.25) is 4.79 Å². The van der Waals surface area contributed by atoms with Crippen LogP contribution in [0.4, 0.5) is 0 Å². The summed E-state index contributed by atoms with van der Waals surface area (Å²) in [4.78, 5) is 14.3. The lowest BCUT2D eigenvalue weighted by molar-refractivity contribution is -0.138. The molecule has 3 rings (SSSR count). The van der Waals surface area contributed by atoms with Crippen LogP contribution in [0.5, 0.6) is 0 Å². The highest BCUT2D eigenvalue weighted by molar-refractivity contribution is 5.85. The summed E-state index contributed by atoms with van der Waals surface area (Å²) in [6, 6.07) is 0. The van der Waals surface area contributed by atoms with E-state index in [1.165, 1.54) is 0 Å². The van der Waals surface area contributed by atoms with Crippen LogP contribution in [0.3, 0.4) is 0 Å². The van der Waals surface area contributed by atoms with Gasteiger partial charge in [-0.1, -0.05) is 0 Å². The molecule has 0 saturated carbocycles. The smallest absolute Gasteiger partial charge is 0.228 e. The van der Waals surface area contributed by atoms with Crippen molar-refractivity contribution in [2.24, 2.45) is 17.8 Å². The molecular weight excluding hydrogens is 240 g/mol. The van der Waals surface area contributed by atoms with Crippen molar-refractivity contribution < 1.29 is 9.53 Å². The molecule has 3 heterocycles. The highest BCUT2D eigenvalue weighted by Crippen LogP contribution is 2.28. The second-order valence-electron chi connectivity index (χ2n) is 5.34. The minimum absolute atomic E-state index is 0. The highest BCUT2D eigenvalue weighted by atomic mass is 35.5. The van der Waals surface area contributed by atoms with Gasteiger partial charge in [0.25, 0.3) is 0 Å². The molecule has 3 fully saturated rings. The monoisotopic (exact) mass is 260 g/mol. The van der Waals surface area contributed by atoms with E-state index in [4.69, 9.17) is 4.74 Å². The molecule has 0 radical (unpaired) electrons. The largest absolute Gasteiger partial charge is 0.381 e. The molecule has 0 spiro atoms. The molecule has 3 aliphatic heterocycles. The van der Waals surface area contributed by atoms with Gasteiger partial charge in [0.15, 0.2) is 0 Å². The van der Waals surface area contributed by atoms with Gasteiger partial charge in [0.1, 0.15) is 0 Å². The predicted molar refractivity (Wildman–Crippen MR) is 67.2 cm³/mol. The molecule has 3 saturated heterocycles. The van der Waals surface area contributed by atoms with Gasteiger partial charge in [0.2, 0.25) is 5.91 Å². The molecule has 1 amide bonds. The Morgan fingerprint density at radius 3 is 2.53 bits per heavy atom. The van der Waals surface area contributed by atoms with Crippen LogP contribution in [0.2, 0.25) is 0 Å². The molecule has 4 nitrogen and oxygen atoms in total. The number of ether oxygens (including phenoxy) is 1. The zero-order chi connectivity index (χ0) is 11.0. The molecule has 3 atom stereocenters. The molecule has 0 bridgehead atoms. The minimum Gasteiger partial charge on any atom is -0.381 e. The van der Waals surface area contributed by atoms with E-state index in [-0.39, 0.29) is 18.3 Å². The molecule has 0 aromatic rings. The molecule has 0 aromatic carbocycles. The van der Waals surface area contributed by atoms with Gasteiger partial charge in [-0.2, -0.15) is 0 Å². The Morgan fingerprint density at radius 2 is 1.94 bits per heavy atom. The summed E-state index contributed by atoms with van der Waals surface area (Å²) in [6.07, 6.45) is 2.06. The van der Waals surface area contributed by atoms with Gasteiger partial charge in [-0.05, 0) is 24.7 Å². The maximum Gasteiger partial charge on any atom is 0.228 e. The average molecular weight is 261 g/mol. The second-order valence-corrected chi connectivity index (χ2v) is 5.34. The fourth-order valence-corrected chi connectivity index (χ4v) is 3.23. The number of amides is 1. The van der Waals surface area contributed by atoms with Crippen LogP contribution < -0.4 is 5.32 Å². The Hall–Kier alpha value is -0.320. The fourth-order valence-electron chi connectivity index (χ4n) is 3.23. The molecule has 17 heavy (non-hydrogen) atoms. The molecule has 3 aliphatic rings. The highest BCUT2D eigenvalue weighted by Gasteiger charge is 2.39. The normalized spacial score (nSPS) is 36.5. The first kappa shape index (κ1) is 13.1. The number of nitrogens with zero attached hydrogens (tertiary/aromatic N) is 1. The van der Waals surface area contributed by atoms with Crippen molar-refractivity contribution in [2.45, 2.75) is 12.8 Å². The summed E-state index contributed by atoms with van der Waals surface area (Å²) in [5.41, 5.74) is 0. The van der Waals surface area contributed by atoms with Crippen molar-refractivity contribution in [3.05, 3.63) is 0 Å². The number of carbonyl (C=O) groups excluding carboxylic acids is 1. The quantitative estimate of drug-likeness (QED) is 0.747. The Bertz CT molecular complexity index is 270. The minimum atomic E-state index is 0. The fraction of sp³-hybridized carbons (Fsp3) is 0.917. The summed E-state index contributed by atoms with van der Waals surface area (Å²) >= 11 is 0. The third-order valence-electron chi connectivity index (χ3n) is 4.21. The third kappa shape index (κ3) is 2.59. The van der Waals surface area contributed by atoms with Gasteiger partial charge >= 0.3 is 0 Å². The van der Waals surface area contributed by atoms with Crippen molar-refractivity contribution in [2.75, 3.05) is 39.4 Å². The molecule has 98 valence electrons. The lowest BCUT2D eigenvalue weighted by Gasteiger charge is -2.26. The third-order valence-corrected chi connectivity index (χ3v) is 4.21. The van der Waals surface area contributed by atoms with E-state index in [0.717, 1.165) is 45.6 Å². The Morgan fingerprint density at radius 1 is 1.24 bits per heavy atom. The first-order valence-corrected chi connectivity index (χ1v) is 6.42. The van der Waals surface area contributed by atoms with Crippen LogP contribution in [0.25, 0.3) is 0 Å². The predicted octanol–water partition coefficient (Wildman–Crippen LogP) is 0.513. The van der Waals surface area contributed by atoms with Crippen molar-refractivity contribution >= 4 is 18.3 Å². The van der Waals surface area contributed by atoms with E-state index in [9.17, 15) is 4.79 Å². The summed E-state index contributed by atoms with van der Waals surface area (Å²) in [5, 5.41) is 3.40. The molecule has 1 unspecified atom stereocenters. The Kier molecular flexibility index (Phi) is 4.28. The number of carbonyl (C=O) groups is 1. The van der Waals surface area contributed by atoms with Crippen molar-refractivity contribution in [3.8, 4) is 0 Å². The van der Waals surface area contributed by atoms with Crippen molar-refractivity contribution in [1.82, 2.24) is 10.2 Å². The van der Waals surface area contributed by atoms with E-state index in [2.05, 4.69) is 10.2 Å². The van der Waals surface area contributed by atoms with Gasteiger partial charge < -0.3 is 15.0 Å². The number of likely N-dealkylation sites (tertiary alicyclic amines) is 1. The van der Waals surface area contributed by atoms with E-state index < -0.39 is 0 Å². The standard InChI is InChI=1S/C12H20N2O2.ClH/c15-12(9-2-1-3-16-8-9)14-6-10-4-13-5-11(10)7-14;/h9-11,13H,1-8H2;1H/t9?,10-,11+;. The lowest BCUT2D eigenvalue weighted by atomic mass is 10.0. The summed E-state index contributed by atoms with van der Waals surface area (Å²) in [6.45, 7) is 5.59. The van der Waals surface area contributed by atoms with E-state index in [0.29, 0.717) is 24.3 Å². The van der Waals surface area contributed by atoms with Gasteiger partial charge in [-0.25, -0.2) is 0 Å². The number of hydrogen-bond acceptors (Lipinski definition) is 3. The van der Waals surface area contributed by atoms with Gasteiger partial charge in [0, 0.05) is 32.8 Å². The van der Waals surface area contributed by atoms with Crippen molar-refractivity contribution in [3.63, 3.8) is 0 Å².